The molecule has 0 spiro atoms. The Kier molecular flexibility index (Phi) is 15.9. The van der Waals surface area contributed by atoms with Gasteiger partial charge in [0, 0.05) is 30.1 Å². The molecule has 9 nitrogen and oxygen atoms in total. The van der Waals surface area contributed by atoms with Crippen molar-refractivity contribution in [2.24, 2.45) is 0 Å². The van der Waals surface area contributed by atoms with Gasteiger partial charge in [-0.3, -0.25) is 0 Å². The van der Waals surface area contributed by atoms with Crippen LogP contribution in [0.2, 0.25) is 0 Å². The summed E-state index contributed by atoms with van der Waals surface area (Å²) in [6.45, 7) is 3.10. The van der Waals surface area contributed by atoms with Gasteiger partial charge in [-0.1, -0.05) is 73.5 Å². The van der Waals surface area contributed by atoms with Gasteiger partial charge in [-0.15, -0.1) is 0 Å². The summed E-state index contributed by atoms with van der Waals surface area (Å²) in [6.07, 6.45) is 5.28. The van der Waals surface area contributed by atoms with Gasteiger partial charge in [0.1, 0.15) is 5.75 Å². The third-order valence-corrected chi connectivity index (χ3v) is 7.94. The lowest BCUT2D eigenvalue weighted by Crippen LogP contribution is -2.22. The molecule has 0 aliphatic carbocycles. The molecule has 4 rings (SSSR count). The Bertz CT molecular complexity index is 1520. The Morgan fingerprint density at radius 3 is 2.12 bits per heavy atom. The van der Waals surface area contributed by atoms with E-state index in [1.165, 1.54) is 17.2 Å². The second-order valence-electron chi connectivity index (χ2n) is 11.8. The molecule has 4 aromatic rings. The van der Waals surface area contributed by atoms with E-state index in [-0.39, 0.29) is 18.4 Å². The van der Waals surface area contributed by atoms with Crippen LogP contribution in [-0.4, -0.2) is 54.3 Å². The van der Waals surface area contributed by atoms with Crippen LogP contribution in [0.5, 0.6) is 5.75 Å². The van der Waals surface area contributed by atoms with Gasteiger partial charge in [-0.2, -0.15) is 0 Å². The number of aliphatic hydroxyl groups is 2. The summed E-state index contributed by atoms with van der Waals surface area (Å²) in [5.74, 6) is 0.0316. The number of unbranched alkanes of at least 4 members (excludes halogenated alkanes) is 3. The van der Waals surface area contributed by atoms with Crippen LogP contribution in [0.15, 0.2) is 97.1 Å². The molecular weight excluding hydrogens is 606 g/mol. The molecule has 1 atom stereocenters. The van der Waals surface area contributed by atoms with Crippen LogP contribution >= 0.6 is 0 Å². The second kappa shape index (κ2) is 20.9. The van der Waals surface area contributed by atoms with Crippen molar-refractivity contribution in [2.45, 2.75) is 57.8 Å². The molecule has 0 saturated heterocycles. The van der Waals surface area contributed by atoms with E-state index in [4.69, 9.17) is 9.47 Å². The van der Waals surface area contributed by atoms with Crippen LogP contribution in [0.25, 0.3) is 0 Å². The number of phenols is 1. The largest absolute Gasteiger partial charge is 0.508 e. The lowest BCUT2D eigenvalue weighted by molar-refractivity contribution is 0.0393. The molecule has 0 bridgehead atoms. The highest BCUT2D eigenvalue weighted by atomic mass is 16.5. The first-order chi connectivity index (χ1) is 23.5. The SMILES string of the molecule is O=C(Nc1cccc(CCc2ccccc2)c1)Nc1cccc(COCCOCCCCCCNC[C@H](O)c2ccc(O)c(CO)c2)c1. The summed E-state index contributed by atoms with van der Waals surface area (Å²) in [6, 6.07) is 30.4. The molecule has 0 aromatic heterocycles. The minimum atomic E-state index is -0.691. The van der Waals surface area contributed by atoms with Crippen molar-refractivity contribution in [3.05, 3.63) is 125 Å². The third kappa shape index (κ3) is 13.5. The van der Waals surface area contributed by atoms with Crippen molar-refractivity contribution in [3.63, 3.8) is 0 Å². The molecule has 256 valence electrons. The summed E-state index contributed by atoms with van der Waals surface area (Å²) in [4.78, 5) is 12.7. The van der Waals surface area contributed by atoms with E-state index < -0.39 is 6.10 Å². The molecular formula is C39H49N3O6. The van der Waals surface area contributed by atoms with Crippen molar-refractivity contribution in [1.82, 2.24) is 5.32 Å². The van der Waals surface area contributed by atoms with Crippen molar-refractivity contribution in [1.29, 1.82) is 0 Å². The molecule has 0 heterocycles. The number of hydrogen-bond acceptors (Lipinski definition) is 7. The summed E-state index contributed by atoms with van der Waals surface area (Å²) in [5.41, 5.74) is 5.97. The number of benzene rings is 4. The lowest BCUT2D eigenvalue weighted by Gasteiger charge is -2.14. The molecule has 4 aromatic carbocycles. The number of aryl methyl sites for hydroxylation is 2. The third-order valence-electron chi connectivity index (χ3n) is 7.94. The van der Waals surface area contributed by atoms with Crippen LogP contribution in [0.1, 0.15) is 59.6 Å². The van der Waals surface area contributed by atoms with Crippen LogP contribution in [0.3, 0.4) is 0 Å². The molecule has 6 N–H and O–H groups in total. The second-order valence-corrected chi connectivity index (χ2v) is 11.8. The van der Waals surface area contributed by atoms with Gasteiger partial charge in [0.25, 0.3) is 0 Å². The first-order valence-corrected chi connectivity index (χ1v) is 16.8. The first-order valence-electron chi connectivity index (χ1n) is 16.8. The van der Waals surface area contributed by atoms with Gasteiger partial charge in [-0.05, 0) is 90.9 Å². The quantitative estimate of drug-likeness (QED) is 0.0549. The van der Waals surface area contributed by atoms with E-state index in [0.29, 0.717) is 49.8 Å². The number of carbonyl (C=O) groups excluding carboxylic acids is 1. The predicted molar refractivity (Wildman–Crippen MR) is 190 cm³/mol. The fraction of sp³-hybridized carbons (Fsp3) is 0.359. The molecule has 0 aliphatic heterocycles. The number of urea groups is 1. The number of nitrogens with one attached hydrogen (secondary N) is 3. The van der Waals surface area contributed by atoms with E-state index in [2.05, 4.69) is 46.3 Å². The fourth-order valence-corrected chi connectivity index (χ4v) is 5.28. The maximum absolute atomic E-state index is 12.7. The molecule has 2 amide bonds. The summed E-state index contributed by atoms with van der Waals surface area (Å²) < 4.78 is 11.5. The van der Waals surface area contributed by atoms with E-state index >= 15 is 0 Å². The molecule has 0 fully saturated rings. The number of anilines is 2. The zero-order valence-corrected chi connectivity index (χ0v) is 27.6. The predicted octanol–water partition coefficient (Wildman–Crippen LogP) is 6.73. The fourth-order valence-electron chi connectivity index (χ4n) is 5.28. The zero-order valence-electron chi connectivity index (χ0n) is 27.6. The first kappa shape index (κ1) is 36.6. The van der Waals surface area contributed by atoms with Crippen molar-refractivity contribution >= 4 is 17.4 Å². The van der Waals surface area contributed by atoms with Crippen molar-refractivity contribution in [2.75, 3.05) is 43.5 Å². The number of rotatable bonds is 21. The highest BCUT2D eigenvalue weighted by Crippen LogP contribution is 2.22. The smallest absolute Gasteiger partial charge is 0.323 e. The number of amides is 2. The van der Waals surface area contributed by atoms with Gasteiger partial charge in [0.05, 0.1) is 32.5 Å². The Balaban J connectivity index is 1.01. The Hall–Kier alpha value is -4.25. The Morgan fingerprint density at radius 1 is 0.688 bits per heavy atom. The molecule has 0 radical (unpaired) electrons. The average Bonchev–Trinajstić information content (AvgIpc) is 3.10. The van der Waals surface area contributed by atoms with Crippen LogP contribution < -0.4 is 16.0 Å². The van der Waals surface area contributed by atoms with Gasteiger partial charge in [0.15, 0.2) is 0 Å². The topological polar surface area (TPSA) is 132 Å². The van der Waals surface area contributed by atoms with E-state index in [0.717, 1.165) is 56.3 Å². The Morgan fingerprint density at radius 2 is 1.35 bits per heavy atom. The molecule has 0 aliphatic rings. The number of aliphatic hydroxyl groups excluding tert-OH is 2. The standard InChI is InChI=1S/C39H49N3O6/c43-28-34-26-33(18-19-37(34)44)38(45)27-40-20-6-1-2-7-21-47-22-23-48-29-32-13-9-15-36(25-32)42-39(46)41-35-14-8-12-31(24-35)17-16-30-10-4-3-5-11-30/h3-5,8-15,18-19,24-26,38,40,43-45H,1-2,6-7,16-17,20-23,27-29H2,(H2,41,42,46)/t38-/m0/s1. The van der Waals surface area contributed by atoms with Gasteiger partial charge in [-0.25, -0.2) is 4.79 Å². The number of aromatic hydroxyl groups is 1. The number of hydrogen-bond donors (Lipinski definition) is 6. The molecule has 48 heavy (non-hydrogen) atoms. The highest BCUT2D eigenvalue weighted by molar-refractivity contribution is 5.99. The minimum Gasteiger partial charge on any atom is -0.508 e. The maximum atomic E-state index is 12.7. The van der Waals surface area contributed by atoms with Crippen molar-refractivity contribution in [3.8, 4) is 5.75 Å². The monoisotopic (exact) mass is 655 g/mol. The summed E-state index contributed by atoms with van der Waals surface area (Å²) in [7, 11) is 0. The number of ether oxygens (including phenoxy) is 2. The van der Waals surface area contributed by atoms with Gasteiger partial charge in [0.2, 0.25) is 0 Å². The highest BCUT2D eigenvalue weighted by Gasteiger charge is 2.10. The van der Waals surface area contributed by atoms with Crippen LogP contribution in [0, 0.1) is 0 Å². The molecule has 9 heteroatoms. The lowest BCUT2D eigenvalue weighted by atomic mass is 10.0. The van der Waals surface area contributed by atoms with E-state index in [1.54, 1.807) is 12.1 Å². The average molecular weight is 656 g/mol. The van der Waals surface area contributed by atoms with E-state index in [9.17, 15) is 20.1 Å². The molecule has 0 unspecified atom stereocenters. The maximum Gasteiger partial charge on any atom is 0.323 e. The van der Waals surface area contributed by atoms with E-state index in [1.807, 2.05) is 48.5 Å². The molecule has 0 saturated carbocycles. The number of carbonyl (C=O) groups is 1. The van der Waals surface area contributed by atoms with Gasteiger partial charge >= 0.3 is 6.03 Å². The zero-order chi connectivity index (χ0) is 33.8. The minimum absolute atomic E-state index is 0.0316. The van der Waals surface area contributed by atoms with Crippen LogP contribution in [0.4, 0.5) is 16.2 Å². The van der Waals surface area contributed by atoms with Crippen LogP contribution in [-0.2, 0) is 35.5 Å². The van der Waals surface area contributed by atoms with Gasteiger partial charge < -0.3 is 40.7 Å². The van der Waals surface area contributed by atoms with Crippen molar-refractivity contribution < 1.29 is 29.6 Å². The normalized spacial score (nSPS) is 11.7. The summed E-state index contributed by atoms with van der Waals surface area (Å²) in [5, 5.41) is 38.4. The Labute approximate surface area is 283 Å². The summed E-state index contributed by atoms with van der Waals surface area (Å²) >= 11 is 0.